The van der Waals surface area contributed by atoms with E-state index in [4.69, 9.17) is 0 Å². The minimum Gasteiger partial charge on any atom is -0.122 e. The number of hydrogen-bond donors (Lipinski definition) is 0. The average molecular weight is 276 g/mol. The molecule has 0 aromatic heterocycles. The van der Waals surface area contributed by atoms with Crippen LogP contribution in [0.1, 0.15) is 65.7 Å². The van der Waals surface area contributed by atoms with Crippen LogP contribution >= 0.6 is 16.5 Å². The quantitative estimate of drug-likeness (QED) is 0.288. The van der Waals surface area contributed by atoms with Crippen molar-refractivity contribution in [1.29, 1.82) is 0 Å². The van der Waals surface area contributed by atoms with Crippen LogP contribution in [0.2, 0.25) is 0 Å². The van der Waals surface area contributed by atoms with Crippen molar-refractivity contribution in [2.75, 3.05) is 30.8 Å². The summed E-state index contributed by atoms with van der Waals surface area (Å²) in [6, 6.07) is 0. The van der Waals surface area contributed by atoms with Crippen LogP contribution in [0.5, 0.6) is 0 Å². The third kappa shape index (κ3) is 13.1. The van der Waals surface area contributed by atoms with Gasteiger partial charge in [0.05, 0.1) is 0 Å². The maximum Gasteiger partial charge on any atom is -0.0326 e. The van der Waals surface area contributed by atoms with Crippen molar-refractivity contribution >= 4 is 16.5 Å². The van der Waals surface area contributed by atoms with Gasteiger partial charge in [0.15, 0.2) is 0 Å². The fourth-order valence-electron chi connectivity index (χ4n) is 2.21. The van der Waals surface area contributed by atoms with Crippen molar-refractivity contribution in [3.8, 4) is 0 Å². The predicted octanol–water partition coefficient (Wildman–Crippen LogP) is 5.94. The molecule has 0 aliphatic rings. The first-order chi connectivity index (χ1) is 8.35. The van der Waals surface area contributed by atoms with Crippen molar-refractivity contribution in [1.82, 2.24) is 0 Å². The zero-order chi connectivity index (χ0) is 12.8. The summed E-state index contributed by atoms with van der Waals surface area (Å²) in [5, 5.41) is 0. The normalized spacial score (nSPS) is 12.0. The highest BCUT2D eigenvalue weighted by Crippen LogP contribution is 2.38. The second-order valence-electron chi connectivity index (χ2n) is 5.01. The second kappa shape index (κ2) is 14.9. The summed E-state index contributed by atoms with van der Waals surface area (Å²) in [7, 11) is 1.65. The molecule has 0 spiro atoms. The van der Waals surface area contributed by atoms with Crippen LogP contribution in [-0.2, 0) is 0 Å². The van der Waals surface area contributed by atoms with Gasteiger partial charge in [-0.2, -0.15) is 0 Å². The standard InChI is InChI=1S/C15H34P2/c1-4-11-16-12-9-7-8-10-15-17(13-5-2)14-6-3/h16H,4-15H2,1-3H3. The minimum atomic E-state index is 0.411. The van der Waals surface area contributed by atoms with Crippen LogP contribution in [0.25, 0.3) is 0 Å². The van der Waals surface area contributed by atoms with E-state index in [2.05, 4.69) is 20.8 Å². The molecule has 0 fully saturated rings. The molecule has 0 aromatic carbocycles. The average Bonchev–Trinajstić information content (AvgIpc) is 2.33. The van der Waals surface area contributed by atoms with Gasteiger partial charge in [0.25, 0.3) is 0 Å². The van der Waals surface area contributed by atoms with E-state index in [1.807, 2.05) is 0 Å². The molecule has 2 heteroatoms. The molecule has 0 heterocycles. The van der Waals surface area contributed by atoms with Crippen molar-refractivity contribution in [2.24, 2.45) is 0 Å². The molecule has 104 valence electrons. The molecular formula is C15H34P2. The molecule has 0 bridgehead atoms. The van der Waals surface area contributed by atoms with E-state index < -0.39 is 0 Å². The van der Waals surface area contributed by atoms with Gasteiger partial charge in [0.2, 0.25) is 0 Å². The Morgan fingerprint density at radius 2 is 1.29 bits per heavy atom. The molecule has 0 aromatic rings. The topological polar surface area (TPSA) is 0 Å². The van der Waals surface area contributed by atoms with Crippen molar-refractivity contribution in [3.05, 3.63) is 0 Å². The fraction of sp³-hybridized carbons (Fsp3) is 1.00. The molecule has 0 saturated carbocycles. The summed E-state index contributed by atoms with van der Waals surface area (Å²) in [4.78, 5) is 0. The molecule has 1 atom stereocenters. The maximum atomic E-state index is 2.35. The van der Waals surface area contributed by atoms with E-state index >= 15 is 0 Å². The van der Waals surface area contributed by atoms with Gasteiger partial charge in [-0.3, -0.25) is 0 Å². The van der Waals surface area contributed by atoms with Crippen LogP contribution < -0.4 is 0 Å². The summed E-state index contributed by atoms with van der Waals surface area (Å²) < 4.78 is 0. The van der Waals surface area contributed by atoms with Gasteiger partial charge < -0.3 is 0 Å². The van der Waals surface area contributed by atoms with Crippen molar-refractivity contribution < 1.29 is 0 Å². The Hall–Kier alpha value is 0.860. The number of hydrogen-bond acceptors (Lipinski definition) is 0. The second-order valence-corrected chi connectivity index (χ2v) is 9.19. The molecule has 1 unspecified atom stereocenters. The Kier molecular flexibility index (Phi) is 15.7. The lowest BCUT2D eigenvalue weighted by atomic mass is 10.2. The minimum absolute atomic E-state index is 0.411. The Morgan fingerprint density at radius 1 is 0.647 bits per heavy atom. The highest BCUT2D eigenvalue weighted by atomic mass is 31.1. The van der Waals surface area contributed by atoms with E-state index in [0.29, 0.717) is 7.92 Å². The molecule has 0 amide bonds. The smallest absolute Gasteiger partial charge is 0.0326 e. The number of unbranched alkanes of at least 4 members (excludes halogenated alkanes) is 3. The first kappa shape index (κ1) is 17.9. The zero-order valence-electron chi connectivity index (χ0n) is 12.4. The molecule has 17 heavy (non-hydrogen) atoms. The van der Waals surface area contributed by atoms with E-state index in [9.17, 15) is 0 Å². The predicted molar refractivity (Wildman–Crippen MR) is 88.9 cm³/mol. The Morgan fingerprint density at radius 3 is 1.88 bits per heavy atom. The summed E-state index contributed by atoms with van der Waals surface area (Å²) >= 11 is 0. The van der Waals surface area contributed by atoms with Crippen LogP contribution in [0.4, 0.5) is 0 Å². The Labute approximate surface area is 113 Å². The zero-order valence-corrected chi connectivity index (χ0v) is 14.3. The van der Waals surface area contributed by atoms with Crippen LogP contribution in [0, 0.1) is 0 Å². The van der Waals surface area contributed by atoms with E-state index in [-0.39, 0.29) is 0 Å². The third-order valence-electron chi connectivity index (χ3n) is 3.08. The van der Waals surface area contributed by atoms with E-state index in [0.717, 1.165) is 0 Å². The van der Waals surface area contributed by atoms with E-state index in [1.54, 1.807) is 6.16 Å². The highest BCUT2D eigenvalue weighted by Gasteiger charge is 2.04. The van der Waals surface area contributed by atoms with E-state index in [1.165, 1.54) is 78.2 Å². The maximum absolute atomic E-state index is 2.35. The molecule has 0 radical (unpaired) electrons. The van der Waals surface area contributed by atoms with Crippen molar-refractivity contribution in [2.45, 2.75) is 65.7 Å². The van der Waals surface area contributed by atoms with Crippen LogP contribution in [0.15, 0.2) is 0 Å². The third-order valence-corrected chi connectivity index (χ3v) is 7.75. The lowest BCUT2D eigenvalue weighted by Gasteiger charge is -2.15. The van der Waals surface area contributed by atoms with Gasteiger partial charge in [0, 0.05) is 0 Å². The first-order valence-corrected chi connectivity index (χ1v) is 11.1. The highest BCUT2D eigenvalue weighted by molar-refractivity contribution is 7.57. The monoisotopic (exact) mass is 276 g/mol. The number of rotatable bonds is 13. The molecule has 0 nitrogen and oxygen atoms in total. The summed E-state index contributed by atoms with van der Waals surface area (Å²) in [6.45, 7) is 7.00. The molecule has 0 rings (SSSR count). The van der Waals surface area contributed by atoms with Crippen LogP contribution in [-0.4, -0.2) is 30.8 Å². The Balaban J connectivity index is 3.23. The summed E-state index contributed by atoms with van der Waals surface area (Å²) in [5.41, 5.74) is 0. The van der Waals surface area contributed by atoms with Crippen LogP contribution in [0.3, 0.4) is 0 Å². The van der Waals surface area contributed by atoms with Gasteiger partial charge >= 0.3 is 0 Å². The lowest BCUT2D eigenvalue weighted by molar-refractivity contribution is 0.707. The largest absolute Gasteiger partial charge is 0.122 e. The van der Waals surface area contributed by atoms with Gasteiger partial charge in [0.1, 0.15) is 0 Å². The molecule has 0 saturated heterocycles. The first-order valence-electron chi connectivity index (χ1n) is 7.78. The molecule has 0 aliphatic heterocycles. The van der Waals surface area contributed by atoms with Crippen molar-refractivity contribution in [3.63, 3.8) is 0 Å². The molecular weight excluding hydrogens is 242 g/mol. The molecule has 0 aliphatic carbocycles. The van der Waals surface area contributed by atoms with Gasteiger partial charge in [-0.15, -0.1) is 16.5 Å². The SMILES string of the molecule is CCCPCCCCCCP(CCC)CCC. The Bertz CT molecular complexity index is 131. The summed E-state index contributed by atoms with van der Waals surface area (Å²) in [6.07, 6.45) is 17.8. The van der Waals surface area contributed by atoms with Gasteiger partial charge in [-0.1, -0.05) is 52.9 Å². The fourth-order valence-corrected chi connectivity index (χ4v) is 5.92. The molecule has 0 N–H and O–H groups in total. The lowest BCUT2D eigenvalue weighted by Crippen LogP contribution is -1.94. The van der Waals surface area contributed by atoms with Gasteiger partial charge in [-0.05, 0) is 43.7 Å². The summed E-state index contributed by atoms with van der Waals surface area (Å²) in [5.74, 6) is 0. The van der Waals surface area contributed by atoms with Gasteiger partial charge in [-0.25, -0.2) is 0 Å².